The van der Waals surface area contributed by atoms with Gasteiger partial charge in [0.2, 0.25) is 0 Å². The van der Waals surface area contributed by atoms with E-state index in [-0.39, 0.29) is 5.82 Å². The van der Waals surface area contributed by atoms with E-state index in [1.807, 2.05) is 35.0 Å². The number of benzene rings is 2. The Morgan fingerprint density at radius 2 is 1.95 bits per heavy atom. The molecule has 0 saturated carbocycles. The molecule has 0 N–H and O–H groups in total. The van der Waals surface area contributed by atoms with Crippen LogP contribution in [-0.2, 0) is 6.54 Å². The number of hydrogen-bond acceptors (Lipinski definition) is 1. The van der Waals surface area contributed by atoms with E-state index in [1.165, 1.54) is 6.07 Å². The Morgan fingerprint density at radius 1 is 1.15 bits per heavy atom. The van der Waals surface area contributed by atoms with Crippen molar-refractivity contribution in [2.75, 3.05) is 7.11 Å². The number of fused-ring (bicyclic) bond motifs is 1. The van der Waals surface area contributed by atoms with Gasteiger partial charge in [0.15, 0.2) is 0 Å². The van der Waals surface area contributed by atoms with Crippen LogP contribution in [0.25, 0.3) is 10.9 Å². The van der Waals surface area contributed by atoms with Crippen molar-refractivity contribution < 1.29 is 9.13 Å². The van der Waals surface area contributed by atoms with Crippen LogP contribution >= 0.6 is 11.6 Å². The Labute approximate surface area is 121 Å². The van der Waals surface area contributed by atoms with Gasteiger partial charge in [-0.05, 0) is 30.3 Å². The number of halogens is 2. The minimum Gasteiger partial charge on any atom is -0.496 e. The summed E-state index contributed by atoms with van der Waals surface area (Å²) in [5.74, 6) is 0.517. The molecule has 102 valence electrons. The standard InChI is InChI=1S/C16H13ClFNO/c1-20-16-7-3-6-15-11(16)8-9-19(15)10-12-13(17)4-2-5-14(12)18/h2-9H,10H2,1H3. The van der Waals surface area contributed by atoms with Crippen molar-refractivity contribution in [1.29, 1.82) is 0 Å². The van der Waals surface area contributed by atoms with Crippen LogP contribution < -0.4 is 4.74 Å². The fourth-order valence-electron chi connectivity index (χ4n) is 2.36. The Kier molecular flexibility index (Phi) is 3.36. The van der Waals surface area contributed by atoms with Gasteiger partial charge in [-0.1, -0.05) is 23.7 Å². The molecule has 2 aromatic carbocycles. The van der Waals surface area contributed by atoms with Crippen molar-refractivity contribution in [3.63, 3.8) is 0 Å². The van der Waals surface area contributed by atoms with Gasteiger partial charge in [-0.15, -0.1) is 0 Å². The fourth-order valence-corrected chi connectivity index (χ4v) is 2.59. The molecule has 0 aliphatic carbocycles. The van der Waals surface area contributed by atoms with Gasteiger partial charge >= 0.3 is 0 Å². The van der Waals surface area contributed by atoms with E-state index in [0.717, 1.165) is 16.7 Å². The van der Waals surface area contributed by atoms with Crippen LogP contribution in [0.4, 0.5) is 4.39 Å². The van der Waals surface area contributed by atoms with E-state index in [2.05, 4.69) is 0 Å². The molecule has 0 bridgehead atoms. The molecule has 1 heterocycles. The van der Waals surface area contributed by atoms with Gasteiger partial charge in [0.1, 0.15) is 11.6 Å². The smallest absolute Gasteiger partial charge is 0.129 e. The summed E-state index contributed by atoms with van der Waals surface area (Å²) in [4.78, 5) is 0. The molecule has 0 saturated heterocycles. The predicted molar refractivity (Wildman–Crippen MR) is 79.0 cm³/mol. The second-order valence-electron chi connectivity index (χ2n) is 4.54. The minimum absolute atomic E-state index is 0.290. The maximum Gasteiger partial charge on any atom is 0.129 e. The first-order chi connectivity index (χ1) is 9.70. The Hall–Kier alpha value is -2.00. The molecule has 0 aliphatic rings. The quantitative estimate of drug-likeness (QED) is 0.693. The molecule has 0 spiro atoms. The number of aromatic nitrogens is 1. The van der Waals surface area contributed by atoms with Crippen LogP contribution in [0.5, 0.6) is 5.75 Å². The van der Waals surface area contributed by atoms with Gasteiger partial charge in [-0.3, -0.25) is 0 Å². The topological polar surface area (TPSA) is 14.2 Å². The highest BCUT2D eigenvalue weighted by Gasteiger charge is 2.10. The second-order valence-corrected chi connectivity index (χ2v) is 4.94. The Bertz CT molecular complexity index is 746. The van der Waals surface area contributed by atoms with Crippen LogP contribution in [0.3, 0.4) is 0 Å². The van der Waals surface area contributed by atoms with Crippen LogP contribution in [0, 0.1) is 5.82 Å². The highest BCUT2D eigenvalue weighted by atomic mass is 35.5. The molecule has 20 heavy (non-hydrogen) atoms. The van der Waals surface area contributed by atoms with Crippen molar-refractivity contribution in [2.24, 2.45) is 0 Å². The van der Waals surface area contributed by atoms with Crippen LogP contribution in [0.2, 0.25) is 5.02 Å². The van der Waals surface area contributed by atoms with Gasteiger partial charge in [0.05, 0.1) is 19.2 Å². The zero-order valence-electron chi connectivity index (χ0n) is 10.9. The molecule has 4 heteroatoms. The lowest BCUT2D eigenvalue weighted by molar-refractivity contribution is 0.420. The molecule has 2 nitrogen and oxygen atoms in total. The van der Waals surface area contributed by atoms with Crippen molar-refractivity contribution in [3.05, 3.63) is 65.1 Å². The van der Waals surface area contributed by atoms with E-state index in [4.69, 9.17) is 16.3 Å². The molecule has 1 aromatic heterocycles. The molecule has 0 fully saturated rings. The number of rotatable bonds is 3. The first-order valence-corrected chi connectivity index (χ1v) is 6.63. The monoisotopic (exact) mass is 289 g/mol. The third-order valence-electron chi connectivity index (χ3n) is 3.38. The summed E-state index contributed by atoms with van der Waals surface area (Å²) >= 11 is 6.08. The third-order valence-corrected chi connectivity index (χ3v) is 3.74. The Balaban J connectivity index is 2.08. The number of hydrogen-bond donors (Lipinski definition) is 0. The number of methoxy groups -OCH3 is 1. The lowest BCUT2D eigenvalue weighted by Crippen LogP contribution is -2.01. The van der Waals surface area contributed by atoms with Gasteiger partial charge in [-0.2, -0.15) is 0 Å². The van der Waals surface area contributed by atoms with Crippen molar-refractivity contribution in [2.45, 2.75) is 6.54 Å². The molecule has 0 unspecified atom stereocenters. The lowest BCUT2D eigenvalue weighted by atomic mass is 10.2. The summed E-state index contributed by atoms with van der Waals surface area (Å²) in [6, 6.07) is 12.5. The molecular formula is C16H13ClFNO. The molecule has 0 atom stereocenters. The Morgan fingerprint density at radius 3 is 2.70 bits per heavy atom. The van der Waals surface area contributed by atoms with E-state index < -0.39 is 0 Å². The molecule has 0 radical (unpaired) electrons. The van der Waals surface area contributed by atoms with E-state index >= 15 is 0 Å². The average molecular weight is 290 g/mol. The van der Waals surface area contributed by atoms with E-state index in [1.54, 1.807) is 19.2 Å². The number of ether oxygens (including phenoxy) is 1. The normalized spacial score (nSPS) is 10.9. The largest absolute Gasteiger partial charge is 0.496 e. The fraction of sp³-hybridized carbons (Fsp3) is 0.125. The SMILES string of the molecule is COc1cccc2c1ccn2Cc1c(F)cccc1Cl. The van der Waals surface area contributed by atoms with Gasteiger partial charge in [0, 0.05) is 22.2 Å². The van der Waals surface area contributed by atoms with Crippen molar-refractivity contribution in [3.8, 4) is 5.75 Å². The summed E-state index contributed by atoms with van der Waals surface area (Å²) in [5, 5.41) is 1.44. The van der Waals surface area contributed by atoms with Gasteiger partial charge < -0.3 is 9.30 Å². The first-order valence-electron chi connectivity index (χ1n) is 6.25. The highest BCUT2D eigenvalue weighted by molar-refractivity contribution is 6.31. The zero-order valence-corrected chi connectivity index (χ0v) is 11.7. The summed E-state index contributed by atoms with van der Waals surface area (Å²) in [5.41, 5.74) is 1.48. The summed E-state index contributed by atoms with van der Waals surface area (Å²) < 4.78 is 21.2. The van der Waals surface area contributed by atoms with Gasteiger partial charge in [0.25, 0.3) is 0 Å². The summed E-state index contributed by atoms with van der Waals surface area (Å²) in [6.07, 6.45) is 1.91. The molecule has 3 aromatic rings. The third kappa shape index (κ3) is 2.14. The van der Waals surface area contributed by atoms with E-state index in [9.17, 15) is 4.39 Å². The lowest BCUT2D eigenvalue weighted by Gasteiger charge is -2.09. The number of nitrogens with zero attached hydrogens (tertiary/aromatic N) is 1. The molecule has 0 amide bonds. The summed E-state index contributed by atoms with van der Waals surface area (Å²) in [6.45, 7) is 0.391. The second kappa shape index (κ2) is 5.17. The first kappa shape index (κ1) is 13.0. The van der Waals surface area contributed by atoms with Crippen LogP contribution in [-0.4, -0.2) is 11.7 Å². The maximum atomic E-state index is 13.9. The van der Waals surface area contributed by atoms with Crippen molar-refractivity contribution in [1.82, 2.24) is 4.57 Å². The molecule has 0 aliphatic heterocycles. The van der Waals surface area contributed by atoms with Crippen LogP contribution in [0.1, 0.15) is 5.56 Å². The van der Waals surface area contributed by atoms with Crippen molar-refractivity contribution >= 4 is 22.5 Å². The molecular weight excluding hydrogens is 277 g/mol. The van der Waals surface area contributed by atoms with Crippen LogP contribution in [0.15, 0.2) is 48.7 Å². The minimum atomic E-state index is -0.290. The maximum absolute atomic E-state index is 13.9. The van der Waals surface area contributed by atoms with E-state index in [0.29, 0.717) is 17.1 Å². The summed E-state index contributed by atoms with van der Waals surface area (Å²) in [7, 11) is 1.64. The highest BCUT2D eigenvalue weighted by Crippen LogP contribution is 2.28. The predicted octanol–water partition coefficient (Wildman–Crippen LogP) is 4.49. The van der Waals surface area contributed by atoms with Gasteiger partial charge in [-0.25, -0.2) is 4.39 Å². The molecule has 3 rings (SSSR count). The average Bonchev–Trinajstić information content (AvgIpc) is 2.86. The zero-order chi connectivity index (χ0) is 14.1.